The zero-order valence-electron chi connectivity index (χ0n) is 10.4. The van der Waals surface area contributed by atoms with E-state index in [2.05, 4.69) is 17.0 Å². The standard InChI is InChI=1S/C14H22N2O/c15-7-6-13-4-3-5-14(12-13)17-11-10-16-8-1-2-9-16/h3-5,12H,1-2,6-11,15H2. The van der Waals surface area contributed by atoms with Crippen molar-refractivity contribution < 1.29 is 4.74 Å². The van der Waals surface area contributed by atoms with Gasteiger partial charge in [0, 0.05) is 6.54 Å². The van der Waals surface area contributed by atoms with E-state index in [-0.39, 0.29) is 0 Å². The van der Waals surface area contributed by atoms with Crippen LogP contribution in [0.1, 0.15) is 18.4 Å². The molecule has 1 aromatic carbocycles. The average Bonchev–Trinajstić information content (AvgIpc) is 2.83. The van der Waals surface area contributed by atoms with Crippen molar-refractivity contribution in [2.24, 2.45) is 5.73 Å². The predicted octanol–water partition coefficient (Wildman–Crippen LogP) is 1.66. The highest BCUT2D eigenvalue weighted by molar-refractivity contribution is 5.28. The third-order valence-corrected chi connectivity index (χ3v) is 3.21. The third kappa shape index (κ3) is 4.02. The average molecular weight is 234 g/mol. The lowest BCUT2D eigenvalue weighted by molar-refractivity contribution is 0.237. The second-order valence-electron chi connectivity index (χ2n) is 4.58. The molecule has 3 heteroatoms. The molecule has 1 aliphatic rings. The summed E-state index contributed by atoms with van der Waals surface area (Å²) in [5.74, 6) is 0.968. The second-order valence-corrected chi connectivity index (χ2v) is 4.58. The van der Waals surface area contributed by atoms with Crippen molar-refractivity contribution >= 4 is 0 Å². The molecule has 1 aliphatic heterocycles. The predicted molar refractivity (Wildman–Crippen MR) is 70.4 cm³/mol. The second kappa shape index (κ2) is 6.62. The summed E-state index contributed by atoms with van der Waals surface area (Å²) in [6.45, 7) is 4.98. The molecular formula is C14H22N2O. The molecular weight excluding hydrogens is 212 g/mol. The Balaban J connectivity index is 1.75. The Bertz CT molecular complexity index is 335. The number of likely N-dealkylation sites (tertiary alicyclic amines) is 1. The number of rotatable bonds is 6. The minimum Gasteiger partial charge on any atom is -0.492 e. The zero-order valence-corrected chi connectivity index (χ0v) is 10.4. The van der Waals surface area contributed by atoms with E-state index in [1.165, 1.54) is 31.5 Å². The molecule has 0 aliphatic carbocycles. The van der Waals surface area contributed by atoms with Crippen LogP contribution in [0, 0.1) is 0 Å². The van der Waals surface area contributed by atoms with Gasteiger partial charge in [-0.25, -0.2) is 0 Å². The summed E-state index contributed by atoms with van der Waals surface area (Å²) in [5, 5.41) is 0. The minimum atomic E-state index is 0.692. The molecule has 1 heterocycles. The maximum Gasteiger partial charge on any atom is 0.119 e. The molecule has 94 valence electrons. The van der Waals surface area contributed by atoms with Crippen molar-refractivity contribution in [3.8, 4) is 5.75 Å². The number of hydrogen-bond donors (Lipinski definition) is 1. The molecule has 0 saturated carbocycles. The Morgan fingerprint density at radius 2 is 2.06 bits per heavy atom. The molecule has 0 bridgehead atoms. The van der Waals surface area contributed by atoms with Crippen LogP contribution in [0.25, 0.3) is 0 Å². The van der Waals surface area contributed by atoms with E-state index in [0.717, 1.165) is 25.3 Å². The van der Waals surface area contributed by atoms with Crippen molar-refractivity contribution in [1.82, 2.24) is 4.90 Å². The molecule has 2 N–H and O–H groups in total. The van der Waals surface area contributed by atoms with Crippen LogP contribution < -0.4 is 10.5 Å². The van der Waals surface area contributed by atoms with Crippen molar-refractivity contribution in [1.29, 1.82) is 0 Å². The monoisotopic (exact) mass is 234 g/mol. The van der Waals surface area contributed by atoms with E-state index in [4.69, 9.17) is 10.5 Å². The lowest BCUT2D eigenvalue weighted by Crippen LogP contribution is -2.25. The van der Waals surface area contributed by atoms with Gasteiger partial charge in [0.2, 0.25) is 0 Å². The summed E-state index contributed by atoms with van der Waals surface area (Å²) >= 11 is 0. The molecule has 1 saturated heterocycles. The van der Waals surface area contributed by atoms with Crippen LogP contribution in [0.5, 0.6) is 5.75 Å². The van der Waals surface area contributed by atoms with Gasteiger partial charge in [0.25, 0.3) is 0 Å². The smallest absolute Gasteiger partial charge is 0.119 e. The summed E-state index contributed by atoms with van der Waals surface area (Å²) in [4.78, 5) is 2.46. The molecule has 0 unspecified atom stereocenters. The van der Waals surface area contributed by atoms with Gasteiger partial charge in [0.05, 0.1) is 0 Å². The fraction of sp³-hybridized carbons (Fsp3) is 0.571. The van der Waals surface area contributed by atoms with Crippen molar-refractivity contribution in [2.75, 3.05) is 32.8 Å². The maximum absolute atomic E-state index is 5.77. The summed E-state index contributed by atoms with van der Waals surface area (Å²) in [6, 6.07) is 8.25. The van der Waals surface area contributed by atoms with Gasteiger partial charge in [-0.05, 0) is 56.6 Å². The SMILES string of the molecule is NCCc1cccc(OCCN2CCCC2)c1. The van der Waals surface area contributed by atoms with Crippen LogP contribution >= 0.6 is 0 Å². The molecule has 2 rings (SSSR count). The number of nitrogens with two attached hydrogens (primary N) is 1. The Hall–Kier alpha value is -1.06. The quantitative estimate of drug-likeness (QED) is 0.813. The Morgan fingerprint density at radius 1 is 1.24 bits per heavy atom. The van der Waals surface area contributed by atoms with Crippen LogP contribution in [0.4, 0.5) is 0 Å². The molecule has 1 fully saturated rings. The van der Waals surface area contributed by atoms with Crippen molar-refractivity contribution in [3.05, 3.63) is 29.8 Å². The minimum absolute atomic E-state index is 0.692. The van der Waals surface area contributed by atoms with Crippen LogP contribution in [0.2, 0.25) is 0 Å². The maximum atomic E-state index is 5.77. The van der Waals surface area contributed by atoms with Gasteiger partial charge in [-0.1, -0.05) is 12.1 Å². The van der Waals surface area contributed by atoms with E-state index in [1.807, 2.05) is 12.1 Å². The fourth-order valence-electron chi connectivity index (χ4n) is 2.26. The summed E-state index contributed by atoms with van der Waals surface area (Å²) in [7, 11) is 0. The van der Waals surface area contributed by atoms with Crippen LogP contribution in [0.3, 0.4) is 0 Å². The first-order chi connectivity index (χ1) is 8.38. The summed E-state index contributed by atoms with van der Waals surface area (Å²) in [5.41, 5.74) is 6.80. The van der Waals surface area contributed by atoms with Gasteiger partial charge in [0.1, 0.15) is 12.4 Å². The number of nitrogens with zero attached hydrogens (tertiary/aromatic N) is 1. The first kappa shape index (κ1) is 12.4. The van der Waals surface area contributed by atoms with Gasteiger partial charge in [-0.15, -0.1) is 0 Å². The molecule has 0 spiro atoms. The van der Waals surface area contributed by atoms with E-state index < -0.39 is 0 Å². The number of benzene rings is 1. The molecule has 0 aromatic heterocycles. The van der Waals surface area contributed by atoms with Crippen LogP contribution in [0.15, 0.2) is 24.3 Å². The fourth-order valence-corrected chi connectivity index (χ4v) is 2.26. The Morgan fingerprint density at radius 3 is 2.82 bits per heavy atom. The Labute approximate surface area is 104 Å². The summed E-state index contributed by atoms with van der Waals surface area (Å²) < 4.78 is 5.77. The topological polar surface area (TPSA) is 38.5 Å². The van der Waals surface area contributed by atoms with Gasteiger partial charge >= 0.3 is 0 Å². The van der Waals surface area contributed by atoms with Gasteiger partial charge in [-0.2, -0.15) is 0 Å². The lowest BCUT2D eigenvalue weighted by atomic mass is 10.1. The highest BCUT2D eigenvalue weighted by Gasteiger charge is 2.10. The zero-order chi connectivity index (χ0) is 11.9. The van der Waals surface area contributed by atoms with E-state index >= 15 is 0 Å². The Kier molecular flexibility index (Phi) is 4.83. The molecule has 17 heavy (non-hydrogen) atoms. The molecule has 1 aromatic rings. The van der Waals surface area contributed by atoms with Gasteiger partial charge in [-0.3, -0.25) is 4.90 Å². The normalized spacial score (nSPS) is 16.3. The first-order valence-electron chi connectivity index (χ1n) is 6.52. The first-order valence-corrected chi connectivity index (χ1v) is 6.52. The number of hydrogen-bond acceptors (Lipinski definition) is 3. The van der Waals surface area contributed by atoms with E-state index in [9.17, 15) is 0 Å². The molecule has 3 nitrogen and oxygen atoms in total. The molecule has 0 amide bonds. The van der Waals surface area contributed by atoms with Crippen LogP contribution in [-0.2, 0) is 6.42 Å². The van der Waals surface area contributed by atoms with E-state index in [1.54, 1.807) is 0 Å². The van der Waals surface area contributed by atoms with Gasteiger partial charge in [0.15, 0.2) is 0 Å². The van der Waals surface area contributed by atoms with Crippen LogP contribution in [-0.4, -0.2) is 37.7 Å². The highest BCUT2D eigenvalue weighted by Crippen LogP contribution is 2.14. The lowest BCUT2D eigenvalue weighted by Gasteiger charge is -2.15. The van der Waals surface area contributed by atoms with Crippen molar-refractivity contribution in [2.45, 2.75) is 19.3 Å². The molecule has 0 radical (unpaired) electrons. The summed E-state index contributed by atoms with van der Waals surface area (Å²) in [6.07, 6.45) is 3.60. The number of ether oxygens (including phenoxy) is 1. The molecule has 0 atom stereocenters. The van der Waals surface area contributed by atoms with Crippen molar-refractivity contribution in [3.63, 3.8) is 0 Å². The highest BCUT2D eigenvalue weighted by atomic mass is 16.5. The van der Waals surface area contributed by atoms with E-state index in [0.29, 0.717) is 6.54 Å². The third-order valence-electron chi connectivity index (χ3n) is 3.21. The largest absolute Gasteiger partial charge is 0.492 e. The van der Waals surface area contributed by atoms with Gasteiger partial charge < -0.3 is 10.5 Å².